The lowest BCUT2D eigenvalue weighted by atomic mass is 10.2. The molecule has 0 radical (unpaired) electrons. The number of furan rings is 1. The van der Waals surface area contributed by atoms with Gasteiger partial charge in [0.2, 0.25) is 0 Å². The van der Waals surface area contributed by atoms with E-state index in [-0.39, 0.29) is 5.91 Å². The number of hydrogen-bond donors (Lipinski definition) is 1. The largest absolute Gasteiger partial charge is 0.467 e. The Morgan fingerprint density at radius 3 is 2.94 bits per heavy atom. The monoisotopic (exact) mass is 249 g/mol. The highest BCUT2D eigenvalue weighted by Crippen LogP contribution is 2.21. The molecule has 0 unspecified atom stereocenters. The molecule has 3 nitrogen and oxygen atoms in total. The summed E-state index contributed by atoms with van der Waals surface area (Å²) in [4.78, 5) is 13.9. The van der Waals surface area contributed by atoms with Crippen LogP contribution < -0.4 is 5.32 Å². The van der Waals surface area contributed by atoms with Crippen molar-refractivity contribution in [2.45, 2.75) is 26.8 Å². The van der Waals surface area contributed by atoms with Crippen LogP contribution in [0.25, 0.3) is 0 Å². The molecule has 1 N–H and O–H groups in total. The van der Waals surface area contributed by atoms with Crippen LogP contribution in [-0.4, -0.2) is 5.91 Å². The average Bonchev–Trinajstić information content (AvgIpc) is 2.94. The van der Waals surface area contributed by atoms with Crippen LogP contribution in [0.4, 0.5) is 0 Å². The Labute approximate surface area is 104 Å². The summed E-state index contributed by atoms with van der Waals surface area (Å²) in [5.74, 6) is 0.733. The second-order valence-corrected chi connectivity index (χ2v) is 5.06. The van der Waals surface area contributed by atoms with Crippen molar-refractivity contribution in [1.29, 1.82) is 0 Å². The van der Waals surface area contributed by atoms with Gasteiger partial charge in [-0.2, -0.15) is 0 Å². The fourth-order valence-corrected chi connectivity index (χ4v) is 2.68. The molecule has 0 aliphatic rings. The Kier molecular flexibility index (Phi) is 3.64. The van der Waals surface area contributed by atoms with E-state index in [2.05, 4.69) is 12.2 Å². The highest BCUT2D eigenvalue weighted by Gasteiger charge is 2.11. The van der Waals surface area contributed by atoms with Crippen molar-refractivity contribution in [3.05, 3.63) is 45.5 Å². The lowest BCUT2D eigenvalue weighted by Crippen LogP contribution is -2.21. The number of carbonyl (C=O) groups excluding carboxylic acids is 1. The number of nitrogens with one attached hydrogen (secondary N) is 1. The summed E-state index contributed by atoms with van der Waals surface area (Å²) in [7, 11) is 0. The maximum Gasteiger partial charge on any atom is 0.261 e. The summed E-state index contributed by atoms with van der Waals surface area (Å²) in [5.41, 5.74) is 1.25. The van der Waals surface area contributed by atoms with Crippen molar-refractivity contribution in [2.24, 2.45) is 0 Å². The van der Waals surface area contributed by atoms with E-state index in [0.29, 0.717) is 6.54 Å². The van der Waals surface area contributed by atoms with Gasteiger partial charge in [-0.05, 0) is 37.1 Å². The molecule has 0 atom stereocenters. The van der Waals surface area contributed by atoms with Gasteiger partial charge in [0.25, 0.3) is 5.91 Å². The molecule has 0 saturated carbocycles. The van der Waals surface area contributed by atoms with E-state index in [0.717, 1.165) is 17.1 Å². The smallest absolute Gasteiger partial charge is 0.261 e. The average molecular weight is 249 g/mol. The minimum Gasteiger partial charge on any atom is -0.467 e. The first kappa shape index (κ1) is 11.9. The quantitative estimate of drug-likeness (QED) is 0.904. The summed E-state index contributed by atoms with van der Waals surface area (Å²) in [6.07, 6.45) is 2.57. The van der Waals surface area contributed by atoms with Crippen molar-refractivity contribution in [3.8, 4) is 0 Å². The fraction of sp³-hybridized carbons (Fsp3) is 0.308. The third-order valence-corrected chi connectivity index (χ3v) is 3.72. The molecule has 0 spiro atoms. The predicted octanol–water partition coefficient (Wildman–Crippen LogP) is 3.14. The van der Waals surface area contributed by atoms with E-state index >= 15 is 0 Å². The van der Waals surface area contributed by atoms with Gasteiger partial charge in [-0.3, -0.25) is 4.79 Å². The molecule has 2 aromatic heterocycles. The van der Waals surface area contributed by atoms with Crippen LogP contribution in [0.2, 0.25) is 0 Å². The van der Waals surface area contributed by atoms with Crippen LogP contribution in [0.3, 0.4) is 0 Å². The lowest BCUT2D eigenvalue weighted by molar-refractivity contribution is 0.0952. The molecule has 0 bridgehead atoms. The molecule has 90 valence electrons. The standard InChI is InChI=1S/C13H15NO2S/c1-3-10-7-12(17-9(10)2)13(15)14-8-11-5-4-6-16-11/h4-7H,3,8H2,1-2H3,(H,14,15). The van der Waals surface area contributed by atoms with Gasteiger partial charge in [-0.25, -0.2) is 0 Å². The van der Waals surface area contributed by atoms with E-state index in [1.165, 1.54) is 10.4 Å². The topological polar surface area (TPSA) is 42.2 Å². The van der Waals surface area contributed by atoms with Crippen molar-refractivity contribution < 1.29 is 9.21 Å². The maximum absolute atomic E-state index is 11.9. The Morgan fingerprint density at radius 1 is 1.53 bits per heavy atom. The third-order valence-electron chi connectivity index (χ3n) is 2.63. The molecule has 0 saturated heterocycles. The molecule has 2 heterocycles. The minimum absolute atomic E-state index is 0.0331. The van der Waals surface area contributed by atoms with Crippen molar-refractivity contribution in [1.82, 2.24) is 5.32 Å². The Bertz CT molecular complexity index is 499. The van der Waals surface area contributed by atoms with Gasteiger partial charge >= 0.3 is 0 Å². The van der Waals surface area contributed by atoms with Crippen molar-refractivity contribution >= 4 is 17.2 Å². The van der Waals surface area contributed by atoms with Crippen LogP contribution in [0.1, 0.15) is 32.8 Å². The normalized spacial score (nSPS) is 10.5. The third kappa shape index (κ3) is 2.77. The number of hydrogen-bond acceptors (Lipinski definition) is 3. The number of aryl methyl sites for hydroxylation is 2. The van der Waals surface area contributed by atoms with Crippen LogP contribution in [0.15, 0.2) is 28.9 Å². The lowest BCUT2D eigenvalue weighted by Gasteiger charge is -1.99. The first-order valence-corrected chi connectivity index (χ1v) is 6.42. The summed E-state index contributed by atoms with van der Waals surface area (Å²) in [6, 6.07) is 5.63. The first-order chi connectivity index (χ1) is 8.20. The molecule has 0 aliphatic heterocycles. The number of amides is 1. The van der Waals surface area contributed by atoms with Crippen LogP contribution in [0, 0.1) is 6.92 Å². The van der Waals surface area contributed by atoms with Crippen LogP contribution in [-0.2, 0) is 13.0 Å². The van der Waals surface area contributed by atoms with E-state index in [1.807, 2.05) is 25.1 Å². The van der Waals surface area contributed by atoms with Gasteiger partial charge < -0.3 is 9.73 Å². The van der Waals surface area contributed by atoms with E-state index in [1.54, 1.807) is 17.6 Å². The van der Waals surface area contributed by atoms with Gasteiger partial charge in [0.15, 0.2) is 0 Å². The molecule has 4 heteroatoms. The molecule has 0 aliphatic carbocycles. The molecule has 0 fully saturated rings. The molecule has 1 amide bonds. The van der Waals surface area contributed by atoms with Gasteiger partial charge in [-0.15, -0.1) is 11.3 Å². The van der Waals surface area contributed by atoms with Crippen LogP contribution >= 0.6 is 11.3 Å². The Hall–Kier alpha value is -1.55. The summed E-state index contributed by atoms with van der Waals surface area (Å²) >= 11 is 1.54. The van der Waals surface area contributed by atoms with E-state index < -0.39 is 0 Å². The van der Waals surface area contributed by atoms with E-state index in [4.69, 9.17) is 4.42 Å². The van der Waals surface area contributed by atoms with Crippen LogP contribution in [0.5, 0.6) is 0 Å². The molecular formula is C13H15NO2S. The highest BCUT2D eigenvalue weighted by molar-refractivity contribution is 7.14. The van der Waals surface area contributed by atoms with Gasteiger partial charge in [0.05, 0.1) is 17.7 Å². The highest BCUT2D eigenvalue weighted by atomic mass is 32.1. The fourth-order valence-electron chi connectivity index (χ4n) is 1.65. The van der Waals surface area contributed by atoms with Gasteiger partial charge in [-0.1, -0.05) is 6.92 Å². The zero-order valence-electron chi connectivity index (χ0n) is 9.95. The molecule has 2 aromatic rings. The zero-order chi connectivity index (χ0) is 12.3. The second kappa shape index (κ2) is 5.19. The summed E-state index contributed by atoms with van der Waals surface area (Å²) in [5, 5.41) is 2.84. The second-order valence-electron chi connectivity index (χ2n) is 3.81. The van der Waals surface area contributed by atoms with Crippen molar-refractivity contribution in [3.63, 3.8) is 0 Å². The maximum atomic E-state index is 11.9. The predicted molar refractivity (Wildman–Crippen MR) is 68.3 cm³/mol. The van der Waals surface area contributed by atoms with E-state index in [9.17, 15) is 4.79 Å². The number of carbonyl (C=O) groups is 1. The Balaban J connectivity index is 1.99. The summed E-state index contributed by atoms with van der Waals surface area (Å²) in [6.45, 7) is 4.58. The van der Waals surface area contributed by atoms with Gasteiger partial charge in [0, 0.05) is 4.88 Å². The molecule has 0 aromatic carbocycles. The van der Waals surface area contributed by atoms with Crippen molar-refractivity contribution in [2.75, 3.05) is 0 Å². The molecule has 2 rings (SSSR count). The molecular weight excluding hydrogens is 234 g/mol. The zero-order valence-corrected chi connectivity index (χ0v) is 10.8. The Morgan fingerprint density at radius 2 is 2.35 bits per heavy atom. The summed E-state index contributed by atoms with van der Waals surface area (Å²) < 4.78 is 5.16. The first-order valence-electron chi connectivity index (χ1n) is 5.60. The molecule has 17 heavy (non-hydrogen) atoms. The minimum atomic E-state index is -0.0331. The van der Waals surface area contributed by atoms with Gasteiger partial charge in [0.1, 0.15) is 5.76 Å². The number of thiophene rings is 1. The number of rotatable bonds is 4. The SMILES string of the molecule is CCc1cc(C(=O)NCc2ccco2)sc1C.